The van der Waals surface area contributed by atoms with E-state index in [1.54, 1.807) is 13.0 Å². The van der Waals surface area contributed by atoms with Gasteiger partial charge < -0.3 is 4.74 Å². The lowest BCUT2D eigenvalue weighted by Gasteiger charge is -1.97. The van der Waals surface area contributed by atoms with E-state index >= 15 is 0 Å². The highest BCUT2D eigenvalue weighted by Gasteiger charge is 2.07. The average molecular weight is 240 g/mol. The second-order valence-electron chi connectivity index (χ2n) is 2.79. The second kappa shape index (κ2) is 6.02. The minimum absolute atomic E-state index is 0.112. The van der Waals surface area contributed by atoms with Gasteiger partial charge in [-0.05, 0) is 25.1 Å². The molecule has 0 aliphatic carbocycles. The summed E-state index contributed by atoms with van der Waals surface area (Å²) in [5, 5.41) is 0.112. The van der Waals surface area contributed by atoms with Crippen LogP contribution in [-0.2, 0) is 9.53 Å². The molecule has 0 fully saturated rings. The van der Waals surface area contributed by atoms with Crippen molar-refractivity contribution in [3.05, 3.63) is 41.2 Å². The van der Waals surface area contributed by atoms with E-state index in [9.17, 15) is 9.59 Å². The highest BCUT2D eigenvalue weighted by atomic mass is 35.5. The number of carbonyl (C=O) groups excluding carboxylic acids is 2. The van der Waals surface area contributed by atoms with Crippen LogP contribution in [0.4, 0.5) is 0 Å². The molecule has 16 heavy (non-hydrogen) atoms. The van der Waals surface area contributed by atoms with Crippen LogP contribution in [0.3, 0.4) is 0 Å². The lowest BCUT2D eigenvalue weighted by atomic mass is 10.2. The number of aromatic nitrogens is 1. The first-order valence-corrected chi connectivity index (χ1v) is 5.02. The molecule has 0 saturated carbocycles. The van der Waals surface area contributed by atoms with E-state index in [0.717, 1.165) is 12.2 Å². The fourth-order valence-corrected chi connectivity index (χ4v) is 1.21. The van der Waals surface area contributed by atoms with Crippen LogP contribution in [-0.4, -0.2) is 23.3 Å². The number of hydrogen-bond donors (Lipinski definition) is 0. The zero-order valence-corrected chi connectivity index (χ0v) is 9.40. The Balaban J connectivity index is 2.73. The molecule has 0 N–H and O–H groups in total. The molecular weight excluding hydrogens is 230 g/mol. The molecule has 5 heteroatoms. The molecule has 0 unspecified atom stereocenters. The summed E-state index contributed by atoms with van der Waals surface area (Å²) < 4.78 is 4.63. The summed E-state index contributed by atoms with van der Waals surface area (Å²) in [7, 11) is 0. The van der Waals surface area contributed by atoms with Crippen LogP contribution in [0.2, 0.25) is 5.15 Å². The highest BCUT2D eigenvalue weighted by Crippen LogP contribution is 2.12. The van der Waals surface area contributed by atoms with E-state index in [1.165, 1.54) is 12.3 Å². The lowest BCUT2D eigenvalue weighted by Crippen LogP contribution is -2.02. The average Bonchev–Trinajstić information content (AvgIpc) is 2.27. The Bertz CT molecular complexity index is 429. The molecule has 4 nitrogen and oxygen atoms in total. The van der Waals surface area contributed by atoms with Gasteiger partial charge in [0.15, 0.2) is 5.78 Å². The van der Waals surface area contributed by atoms with Crippen molar-refractivity contribution in [2.24, 2.45) is 0 Å². The molecule has 84 valence electrons. The molecule has 1 heterocycles. The Hall–Kier alpha value is -1.68. The van der Waals surface area contributed by atoms with Crippen LogP contribution in [0.1, 0.15) is 17.3 Å². The maximum absolute atomic E-state index is 11.6. The first-order valence-electron chi connectivity index (χ1n) is 4.64. The molecule has 0 aliphatic heterocycles. The van der Waals surface area contributed by atoms with Gasteiger partial charge in [-0.25, -0.2) is 9.78 Å². The third kappa shape index (κ3) is 3.47. The number of ether oxygens (including phenoxy) is 1. The summed E-state index contributed by atoms with van der Waals surface area (Å²) in [4.78, 5) is 26.3. The first kappa shape index (κ1) is 12.4. The molecule has 0 atom stereocenters. The number of allylic oxidation sites excluding steroid dienone is 1. The van der Waals surface area contributed by atoms with Crippen molar-refractivity contribution >= 4 is 23.4 Å². The normalized spacial score (nSPS) is 10.4. The Labute approximate surface area is 97.9 Å². The second-order valence-corrected chi connectivity index (χ2v) is 3.15. The van der Waals surface area contributed by atoms with Gasteiger partial charge in [-0.3, -0.25) is 4.79 Å². The number of pyridine rings is 1. The quantitative estimate of drug-likeness (QED) is 0.349. The van der Waals surface area contributed by atoms with Gasteiger partial charge >= 0.3 is 5.97 Å². The molecule has 0 spiro atoms. The molecule has 0 aliphatic rings. The summed E-state index contributed by atoms with van der Waals surface area (Å²) in [6.07, 6.45) is 3.66. The number of esters is 1. The van der Waals surface area contributed by atoms with Crippen LogP contribution < -0.4 is 0 Å². The topological polar surface area (TPSA) is 56.3 Å². The van der Waals surface area contributed by atoms with Gasteiger partial charge in [0.05, 0.1) is 12.2 Å². The first-order chi connectivity index (χ1) is 7.65. The SMILES string of the molecule is CCOC(=O)C=CC(=O)c1cccnc1Cl. The van der Waals surface area contributed by atoms with Gasteiger partial charge in [0.1, 0.15) is 5.15 Å². The van der Waals surface area contributed by atoms with Crippen LogP contribution in [0, 0.1) is 0 Å². The van der Waals surface area contributed by atoms with Crippen LogP contribution in [0.5, 0.6) is 0 Å². The van der Waals surface area contributed by atoms with Crippen molar-refractivity contribution in [3.8, 4) is 0 Å². The maximum Gasteiger partial charge on any atom is 0.330 e. The number of carbonyl (C=O) groups is 2. The lowest BCUT2D eigenvalue weighted by molar-refractivity contribution is -0.137. The van der Waals surface area contributed by atoms with Crippen LogP contribution >= 0.6 is 11.6 Å². The molecule has 0 aromatic carbocycles. The van der Waals surface area contributed by atoms with Crippen molar-refractivity contribution < 1.29 is 14.3 Å². The van der Waals surface area contributed by atoms with Gasteiger partial charge in [-0.1, -0.05) is 11.6 Å². The number of nitrogens with zero attached hydrogens (tertiary/aromatic N) is 1. The van der Waals surface area contributed by atoms with Gasteiger partial charge in [0, 0.05) is 12.3 Å². The van der Waals surface area contributed by atoms with Crippen LogP contribution in [0.15, 0.2) is 30.5 Å². The number of ketones is 1. The minimum Gasteiger partial charge on any atom is -0.463 e. The summed E-state index contributed by atoms with van der Waals surface area (Å²) in [6.45, 7) is 1.95. The van der Waals surface area contributed by atoms with Crippen molar-refractivity contribution in [1.29, 1.82) is 0 Å². The summed E-state index contributed by atoms with van der Waals surface area (Å²) in [5.41, 5.74) is 0.254. The summed E-state index contributed by atoms with van der Waals surface area (Å²) in [6, 6.07) is 3.13. The molecule has 0 bridgehead atoms. The molecule has 0 amide bonds. The minimum atomic E-state index is -0.559. The molecule has 1 aromatic heterocycles. The Morgan fingerprint density at radius 1 is 1.50 bits per heavy atom. The van der Waals surface area contributed by atoms with E-state index in [4.69, 9.17) is 11.6 Å². The van der Waals surface area contributed by atoms with Gasteiger partial charge in [-0.2, -0.15) is 0 Å². The van der Waals surface area contributed by atoms with E-state index in [-0.39, 0.29) is 23.1 Å². The molecule has 0 saturated heterocycles. The largest absolute Gasteiger partial charge is 0.463 e. The van der Waals surface area contributed by atoms with Gasteiger partial charge in [0.25, 0.3) is 0 Å². The molecule has 0 radical (unpaired) electrons. The zero-order chi connectivity index (χ0) is 12.0. The Kier molecular flexibility index (Phi) is 4.66. The van der Waals surface area contributed by atoms with Gasteiger partial charge in [0.2, 0.25) is 0 Å². The number of rotatable bonds is 4. The summed E-state index contributed by atoms with van der Waals surface area (Å²) >= 11 is 5.71. The van der Waals surface area contributed by atoms with E-state index in [0.29, 0.717) is 0 Å². The molecule has 1 aromatic rings. The van der Waals surface area contributed by atoms with Gasteiger partial charge in [-0.15, -0.1) is 0 Å². The predicted octanol–water partition coefficient (Wildman–Crippen LogP) is 2.04. The zero-order valence-electron chi connectivity index (χ0n) is 8.64. The van der Waals surface area contributed by atoms with E-state index in [2.05, 4.69) is 9.72 Å². The fraction of sp³-hybridized carbons (Fsp3) is 0.182. The fourth-order valence-electron chi connectivity index (χ4n) is 0.994. The third-order valence-corrected chi connectivity index (χ3v) is 1.98. The van der Waals surface area contributed by atoms with E-state index < -0.39 is 5.97 Å². The van der Waals surface area contributed by atoms with Crippen molar-refractivity contribution in [2.75, 3.05) is 6.61 Å². The molecule has 1 rings (SSSR count). The van der Waals surface area contributed by atoms with E-state index in [1.807, 2.05) is 0 Å². The summed E-state index contributed by atoms with van der Waals surface area (Å²) in [5.74, 6) is -0.943. The Morgan fingerprint density at radius 3 is 2.88 bits per heavy atom. The monoisotopic (exact) mass is 239 g/mol. The molecular formula is C11H10ClNO3. The van der Waals surface area contributed by atoms with Crippen LogP contribution in [0.25, 0.3) is 0 Å². The van der Waals surface area contributed by atoms with Crippen molar-refractivity contribution in [1.82, 2.24) is 4.98 Å². The van der Waals surface area contributed by atoms with Crippen molar-refractivity contribution in [2.45, 2.75) is 6.92 Å². The highest BCUT2D eigenvalue weighted by molar-refractivity contribution is 6.33. The maximum atomic E-state index is 11.6. The number of halogens is 1. The predicted molar refractivity (Wildman–Crippen MR) is 59.4 cm³/mol. The Morgan fingerprint density at radius 2 is 2.25 bits per heavy atom. The smallest absolute Gasteiger partial charge is 0.330 e. The van der Waals surface area contributed by atoms with Crippen molar-refractivity contribution in [3.63, 3.8) is 0 Å². The third-order valence-electron chi connectivity index (χ3n) is 1.68. The number of hydrogen-bond acceptors (Lipinski definition) is 4. The standard InChI is InChI=1S/C11H10ClNO3/c1-2-16-10(15)6-5-9(14)8-4-3-7-13-11(8)12/h3-7H,2H2,1H3.